The number of likely N-dealkylation sites (tertiary alicyclic amines) is 2. The highest BCUT2D eigenvalue weighted by atomic mass is 16.3. The number of hydrogen-bond acceptors (Lipinski definition) is 5. The van der Waals surface area contributed by atoms with Gasteiger partial charge in [-0.3, -0.25) is 19.4 Å². The fraction of sp³-hybridized carbons (Fsp3) is 0.600. The molecule has 5 rings (SSSR count). The molecule has 0 amide bonds. The van der Waals surface area contributed by atoms with Crippen molar-refractivity contribution in [3.63, 3.8) is 0 Å². The molecule has 2 saturated heterocycles. The van der Waals surface area contributed by atoms with Gasteiger partial charge in [-0.05, 0) is 50.3 Å². The van der Waals surface area contributed by atoms with E-state index in [2.05, 4.69) is 22.8 Å². The minimum atomic E-state index is -0.285. The predicted molar refractivity (Wildman–Crippen MR) is 124 cm³/mol. The molecular weight excluding hydrogens is 404 g/mol. The highest BCUT2D eigenvalue weighted by Gasteiger charge is 2.34. The summed E-state index contributed by atoms with van der Waals surface area (Å²) in [5.74, 6) is 1.43. The Morgan fingerprint density at radius 3 is 2.59 bits per heavy atom. The van der Waals surface area contributed by atoms with Gasteiger partial charge in [0.15, 0.2) is 5.75 Å². The van der Waals surface area contributed by atoms with E-state index < -0.39 is 0 Å². The summed E-state index contributed by atoms with van der Waals surface area (Å²) < 4.78 is 3.97. The van der Waals surface area contributed by atoms with Crippen LogP contribution in [-0.4, -0.2) is 50.2 Å². The van der Waals surface area contributed by atoms with E-state index in [1.54, 1.807) is 12.1 Å². The zero-order valence-electron chi connectivity index (χ0n) is 19.2. The third-order valence-electron chi connectivity index (χ3n) is 7.83. The first kappa shape index (κ1) is 21.5. The van der Waals surface area contributed by atoms with E-state index in [0.717, 1.165) is 75.0 Å². The smallest absolute Gasteiger partial charge is 0.250 e. The Bertz CT molecular complexity index is 1110. The van der Waals surface area contributed by atoms with Crippen LogP contribution in [0.3, 0.4) is 0 Å². The van der Waals surface area contributed by atoms with Gasteiger partial charge < -0.3 is 14.2 Å². The van der Waals surface area contributed by atoms with E-state index in [1.807, 2.05) is 22.2 Å². The molecule has 2 aromatic rings. The number of fused-ring (bicyclic) bond motifs is 4. The molecule has 2 atom stereocenters. The van der Waals surface area contributed by atoms with Gasteiger partial charge in [0.2, 0.25) is 5.43 Å². The molecule has 5 heterocycles. The van der Waals surface area contributed by atoms with Crippen molar-refractivity contribution in [1.29, 1.82) is 0 Å². The third-order valence-corrected chi connectivity index (χ3v) is 7.83. The van der Waals surface area contributed by atoms with Crippen LogP contribution in [-0.2, 0) is 26.7 Å². The maximum absolute atomic E-state index is 12.6. The van der Waals surface area contributed by atoms with Crippen LogP contribution in [0.5, 0.6) is 5.75 Å². The Labute approximate surface area is 188 Å². The van der Waals surface area contributed by atoms with Crippen LogP contribution in [0.25, 0.3) is 0 Å². The van der Waals surface area contributed by atoms with Crippen LogP contribution in [0, 0.1) is 11.8 Å². The molecule has 0 unspecified atom stereocenters. The lowest BCUT2D eigenvalue weighted by Crippen LogP contribution is -2.47. The summed E-state index contributed by atoms with van der Waals surface area (Å²) in [5.41, 5.74) is 2.61. The van der Waals surface area contributed by atoms with Gasteiger partial charge in [0.25, 0.3) is 5.56 Å². The standard InChI is InChI=1S/C25H34N4O3/c1-17-6-8-27(9-7-17)16-22-25(32)23(30)11-20(26(22)2)15-28-12-18-10-19(14-28)21-4-3-5-24(31)29(21)13-18/h3-5,11,17-19,32H,6-10,12-16H2,1-2H3/t18-,19+/m0/s1. The second kappa shape index (κ2) is 8.52. The minimum absolute atomic E-state index is 0.100. The van der Waals surface area contributed by atoms with Crippen molar-refractivity contribution in [1.82, 2.24) is 18.9 Å². The van der Waals surface area contributed by atoms with E-state index in [9.17, 15) is 14.7 Å². The summed E-state index contributed by atoms with van der Waals surface area (Å²) in [6.07, 6.45) is 3.44. The normalized spacial score (nSPS) is 24.4. The van der Waals surface area contributed by atoms with E-state index in [-0.39, 0.29) is 16.7 Å². The first-order valence-electron chi connectivity index (χ1n) is 11.9. The lowest BCUT2D eigenvalue weighted by molar-refractivity contribution is 0.111. The Morgan fingerprint density at radius 1 is 1.03 bits per heavy atom. The van der Waals surface area contributed by atoms with Crippen LogP contribution in [0.15, 0.2) is 33.9 Å². The molecule has 7 nitrogen and oxygen atoms in total. The molecule has 2 fully saturated rings. The summed E-state index contributed by atoms with van der Waals surface area (Å²) >= 11 is 0. The van der Waals surface area contributed by atoms with Gasteiger partial charge in [0.05, 0.1) is 5.69 Å². The van der Waals surface area contributed by atoms with Crippen molar-refractivity contribution in [2.45, 2.75) is 51.7 Å². The zero-order chi connectivity index (χ0) is 22.4. The monoisotopic (exact) mass is 438 g/mol. The molecule has 2 bridgehead atoms. The van der Waals surface area contributed by atoms with Gasteiger partial charge in [0.1, 0.15) is 0 Å². The van der Waals surface area contributed by atoms with Crippen LogP contribution in [0.1, 0.15) is 49.2 Å². The van der Waals surface area contributed by atoms with Crippen molar-refractivity contribution in [2.75, 3.05) is 26.2 Å². The number of hydrogen-bond donors (Lipinski definition) is 1. The molecule has 3 aliphatic heterocycles. The van der Waals surface area contributed by atoms with E-state index in [1.165, 1.54) is 0 Å². The van der Waals surface area contributed by atoms with Gasteiger partial charge >= 0.3 is 0 Å². The molecule has 7 heteroatoms. The first-order valence-corrected chi connectivity index (χ1v) is 11.9. The summed E-state index contributed by atoms with van der Waals surface area (Å²) in [5, 5.41) is 10.6. The van der Waals surface area contributed by atoms with Crippen LogP contribution in [0.2, 0.25) is 0 Å². The summed E-state index contributed by atoms with van der Waals surface area (Å²) in [6.45, 7) is 8.17. The molecule has 0 saturated carbocycles. The van der Waals surface area contributed by atoms with Crippen molar-refractivity contribution in [2.24, 2.45) is 18.9 Å². The summed E-state index contributed by atoms with van der Waals surface area (Å²) in [4.78, 5) is 29.7. The number of rotatable bonds is 4. The van der Waals surface area contributed by atoms with Gasteiger partial charge in [-0.2, -0.15) is 0 Å². The Balaban J connectivity index is 1.36. The topological polar surface area (TPSA) is 70.7 Å². The molecule has 2 aromatic heterocycles. The first-order chi connectivity index (χ1) is 15.4. The molecule has 32 heavy (non-hydrogen) atoms. The average Bonchev–Trinajstić information content (AvgIpc) is 2.77. The summed E-state index contributed by atoms with van der Waals surface area (Å²) in [7, 11) is 1.97. The number of aromatic nitrogens is 2. The molecule has 0 aliphatic carbocycles. The second-order valence-electron chi connectivity index (χ2n) is 10.2. The number of piperidine rings is 2. The van der Waals surface area contributed by atoms with E-state index in [4.69, 9.17) is 0 Å². The van der Waals surface area contributed by atoms with Gasteiger partial charge in [-0.15, -0.1) is 0 Å². The maximum atomic E-state index is 12.6. The second-order valence-corrected chi connectivity index (χ2v) is 10.2. The van der Waals surface area contributed by atoms with Gasteiger partial charge in [-0.25, -0.2) is 0 Å². The quantitative estimate of drug-likeness (QED) is 0.792. The Hall–Kier alpha value is -2.38. The highest BCUT2D eigenvalue weighted by molar-refractivity contribution is 5.30. The SMILES string of the molecule is CC1CCN(Cc2c(O)c(=O)cc(CN3C[C@@H]4C[C@H](C3)c3cccc(=O)n3C4)n2C)CC1. The van der Waals surface area contributed by atoms with Crippen molar-refractivity contribution in [3.8, 4) is 5.75 Å². The van der Waals surface area contributed by atoms with Gasteiger partial charge in [0, 0.05) is 69.2 Å². The van der Waals surface area contributed by atoms with E-state index in [0.29, 0.717) is 24.9 Å². The lowest BCUT2D eigenvalue weighted by Gasteiger charge is -2.43. The van der Waals surface area contributed by atoms with Crippen LogP contribution < -0.4 is 11.0 Å². The number of pyridine rings is 2. The molecule has 172 valence electrons. The van der Waals surface area contributed by atoms with Gasteiger partial charge in [-0.1, -0.05) is 13.0 Å². The fourth-order valence-electron chi connectivity index (χ4n) is 5.91. The molecule has 0 spiro atoms. The molecular formula is C25H34N4O3. The van der Waals surface area contributed by atoms with Crippen LogP contribution >= 0.6 is 0 Å². The average molecular weight is 439 g/mol. The van der Waals surface area contributed by atoms with Crippen molar-refractivity contribution >= 4 is 0 Å². The molecule has 0 radical (unpaired) electrons. The Kier molecular flexibility index (Phi) is 5.72. The lowest BCUT2D eigenvalue weighted by atomic mass is 9.83. The maximum Gasteiger partial charge on any atom is 0.250 e. The highest BCUT2D eigenvalue weighted by Crippen LogP contribution is 2.35. The Morgan fingerprint density at radius 2 is 1.81 bits per heavy atom. The zero-order valence-corrected chi connectivity index (χ0v) is 19.2. The third kappa shape index (κ3) is 4.04. The van der Waals surface area contributed by atoms with Crippen molar-refractivity contribution in [3.05, 3.63) is 61.9 Å². The molecule has 0 aromatic carbocycles. The number of nitrogens with zero attached hydrogens (tertiary/aromatic N) is 4. The predicted octanol–water partition coefficient (Wildman–Crippen LogP) is 2.10. The fourth-order valence-corrected chi connectivity index (χ4v) is 5.91. The largest absolute Gasteiger partial charge is 0.503 e. The minimum Gasteiger partial charge on any atom is -0.503 e. The van der Waals surface area contributed by atoms with Crippen LogP contribution in [0.4, 0.5) is 0 Å². The molecule has 1 N–H and O–H groups in total. The number of aromatic hydroxyl groups is 1. The summed E-state index contributed by atoms with van der Waals surface area (Å²) in [6, 6.07) is 7.20. The van der Waals surface area contributed by atoms with Crippen molar-refractivity contribution < 1.29 is 5.11 Å². The molecule has 3 aliphatic rings. The van der Waals surface area contributed by atoms with E-state index >= 15 is 0 Å².